The number of nitrogens with one attached hydrogen (secondary N) is 1. The van der Waals surface area contributed by atoms with Crippen LogP contribution in [-0.2, 0) is 6.54 Å². The summed E-state index contributed by atoms with van der Waals surface area (Å²) >= 11 is 0. The molecule has 0 aromatic carbocycles. The zero-order chi connectivity index (χ0) is 14.7. The second-order valence-electron chi connectivity index (χ2n) is 5.29. The fourth-order valence-electron chi connectivity index (χ4n) is 2.85. The Morgan fingerprint density at radius 3 is 2.35 bits per heavy atom. The highest BCUT2D eigenvalue weighted by Gasteiger charge is 2.18. The first-order chi connectivity index (χ1) is 9.54. The third-order valence-electron chi connectivity index (χ3n) is 3.88. The standard InChI is InChI=1S/C16H24N4/c1-6-20-14(5)16(13(4)19-20)12(3)18-11(2)15-7-9-17-10-8-15/h7-12,18H,6H2,1-5H3/t11-,12?/m1/s1. The van der Waals surface area contributed by atoms with Crippen molar-refractivity contribution < 1.29 is 0 Å². The number of rotatable bonds is 5. The van der Waals surface area contributed by atoms with Gasteiger partial charge in [0, 0.05) is 42.3 Å². The molecular weight excluding hydrogens is 248 g/mol. The lowest BCUT2D eigenvalue weighted by Gasteiger charge is -2.21. The topological polar surface area (TPSA) is 42.7 Å². The molecule has 0 aliphatic rings. The second-order valence-corrected chi connectivity index (χ2v) is 5.29. The van der Waals surface area contributed by atoms with Gasteiger partial charge in [-0.2, -0.15) is 5.10 Å². The zero-order valence-corrected chi connectivity index (χ0v) is 13.0. The van der Waals surface area contributed by atoms with E-state index in [1.807, 2.05) is 12.4 Å². The molecule has 2 atom stereocenters. The molecule has 1 unspecified atom stereocenters. The van der Waals surface area contributed by atoms with E-state index in [0.29, 0.717) is 0 Å². The average molecular weight is 272 g/mol. The molecule has 0 bridgehead atoms. The number of hydrogen-bond acceptors (Lipinski definition) is 3. The minimum absolute atomic E-state index is 0.276. The number of pyridine rings is 1. The highest BCUT2D eigenvalue weighted by atomic mass is 15.3. The summed E-state index contributed by atoms with van der Waals surface area (Å²) in [5.41, 5.74) is 4.94. The molecular formula is C16H24N4. The molecule has 0 aliphatic carbocycles. The average Bonchev–Trinajstić information content (AvgIpc) is 2.74. The van der Waals surface area contributed by atoms with Crippen molar-refractivity contribution in [3.63, 3.8) is 0 Å². The highest BCUT2D eigenvalue weighted by Crippen LogP contribution is 2.24. The number of hydrogen-bond donors (Lipinski definition) is 1. The summed E-state index contributed by atoms with van der Waals surface area (Å²) in [6, 6.07) is 4.68. The van der Waals surface area contributed by atoms with Crippen molar-refractivity contribution in [1.29, 1.82) is 0 Å². The molecule has 0 fully saturated rings. The van der Waals surface area contributed by atoms with Crippen LogP contribution in [-0.4, -0.2) is 14.8 Å². The summed E-state index contributed by atoms with van der Waals surface area (Å²) in [4.78, 5) is 4.07. The van der Waals surface area contributed by atoms with Gasteiger partial charge in [0.2, 0.25) is 0 Å². The lowest BCUT2D eigenvalue weighted by atomic mass is 10.0. The minimum Gasteiger partial charge on any atom is -0.304 e. The molecule has 2 aromatic heterocycles. The number of aromatic nitrogens is 3. The van der Waals surface area contributed by atoms with E-state index in [1.165, 1.54) is 16.8 Å². The van der Waals surface area contributed by atoms with Crippen molar-refractivity contribution in [1.82, 2.24) is 20.1 Å². The Bertz CT molecular complexity index is 559. The van der Waals surface area contributed by atoms with Crippen molar-refractivity contribution in [3.05, 3.63) is 47.0 Å². The summed E-state index contributed by atoms with van der Waals surface area (Å²) in [5, 5.41) is 8.25. The van der Waals surface area contributed by atoms with Crippen LogP contribution in [0.5, 0.6) is 0 Å². The van der Waals surface area contributed by atoms with E-state index in [4.69, 9.17) is 0 Å². The minimum atomic E-state index is 0.276. The normalized spacial score (nSPS) is 14.2. The van der Waals surface area contributed by atoms with Gasteiger partial charge in [0.25, 0.3) is 0 Å². The molecule has 0 aliphatic heterocycles. The van der Waals surface area contributed by atoms with Gasteiger partial charge in [-0.15, -0.1) is 0 Å². The van der Waals surface area contributed by atoms with Gasteiger partial charge in [0.15, 0.2) is 0 Å². The van der Waals surface area contributed by atoms with Crippen LogP contribution in [0.2, 0.25) is 0 Å². The monoisotopic (exact) mass is 272 g/mol. The summed E-state index contributed by atoms with van der Waals surface area (Å²) < 4.78 is 2.07. The number of aryl methyl sites for hydroxylation is 2. The van der Waals surface area contributed by atoms with Crippen LogP contribution in [0.4, 0.5) is 0 Å². The Hall–Kier alpha value is -1.68. The van der Waals surface area contributed by atoms with E-state index < -0.39 is 0 Å². The van der Waals surface area contributed by atoms with Gasteiger partial charge in [0.1, 0.15) is 0 Å². The molecule has 2 rings (SSSR count). The first-order valence-corrected chi connectivity index (χ1v) is 7.24. The van der Waals surface area contributed by atoms with Crippen LogP contribution in [0.25, 0.3) is 0 Å². The van der Waals surface area contributed by atoms with E-state index in [9.17, 15) is 0 Å². The summed E-state index contributed by atoms with van der Waals surface area (Å²) in [7, 11) is 0. The van der Waals surface area contributed by atoms with Crippen LogP contribution in [0, 0.1) is 13.8 Å². The van der Waals surface area contributed by atoms with E-state index in [2.05, 4.69) is 66.8 Å². The third kappa shape index (κ3) is 2.90. The molecule has 2 aromatic rings. The molecule has 0 amide bonds. The molecule has 0 spiro atoms. The SMILES string of the molecule is CCn1nc(C)c(C(C)N[C@H](C)c2ccncc2)c1C. The molecule has 20 heavy (non-hydrogen) atoms. The predicted octanol–water partition coefficient (Wildman–Crippen LogP) is 3.33. The van der Waals surface area contributed by atoms with E-state index in [1.54, 1.807) is 0 Å². The Balaban J connectivity index is 2.16. The predicted molar refractivity (Wildman–Crippen MR) is 81.6 cm³/mol. The molecule has 0 radical (unpaired) electrons. The van der Waals surface area contributed by atoms with Crippen molar-refractivity contribution in [2.75, 3.05) is 0 Å². The summed E-state index contributed by atoms with van der Waals surface area (Å²) in [6.45, 7) is 11.7. The highest BCUT2D eigenvalue weighted by molar-refractivity contribution is 5.28. The smallest absolute Gasteiger partial charge is 0.0644 e. The van der Waals surface area contributed by atoms with Gasteiger partial charge < -0.3 is 5.32 Å². The Kier molecular flexibility index (Phi) is 4.55. The first kappa shape index (κ1) is 14.7. The summed E-state index contributed by atoms with van der Waals surface area (Å²) in [5.74, 6) is 0. The van der Waals surface area contributed by atoms with E-state index in [0.717, 1.165) is 12.2 Å². The lowest BCUT2D eigenvalue weighted by Crippen LogP contribution is -2.23. The largest absolute Gasteiger partial charge is 0.304 e. The molecule has 0 saturated carbocycles. The van der Waals surface area contributed by atoms with Crippen molar-refractivity contribution in [3.8, 4) is 0 Å². The molecule has 108 valence electrons. The molecule has 1 N–H and O–H groups in total. The van der Waals surface area contributed by atoms with Crippen molar-refractivity contribution in [2.45, 2.75) is 53.2 Å². The van der Waals surface area contributed by atoms with Crippen LogP contribution < -0.4 is 5.32 Å². The van der Waals surface area contributed by atoms with Gasteiger partial charge in [-0.25, -0.2) is 0 Å². The van der Waals surface area contributed by atoms with Gasteiger partial charge in [-0.1, -0.05) is 0 Å². The van der Waals surface area contributed by atoms with Crippen molar-refractivity contribution >= 4 is 0 Å². The van der Waals surface area contributed by atoms with Gasteiger partial charge in [-0.05, 0) is 52.3 Å². The molecule has 2 heterocycles. The van der Waals surface area contributed by atoms with E-state index >= 15 is 0 Å². The second kappa shape index (κ2) is 6.18. The van der Waals surface area contributed by atoms with Gasteiger partial charge >= 0.3 is 0 Å². The fourth-order valence-corrected chi connectivity index (χ4v) is 2.85. The quantitative estimate of drug-likeness (QED) is 0.908. The molecule has 4 heteroatoms. The maximum atomic E-state index is 4.60. The third-order valence-corrected chi connectivity index (χ3v) is 3.88. The van der Waals surface area contributed by atoms with Crippen LogP contribution in [0.3, 0.4) is 0 Å². The maximum Gasteiger partial charge on any atom is 0.0644 e. The van der Waals surface area contributed by atoms with E-state index in [-0.39, 0.29) is 12.1 Å². The number of nitrogens with zero attached hydrogens (tertiary/aromatic N) is 3. The first-order valence-electron chi connectivity index (χ1n) is 7.24. The Morgan fingerprint density at radius 2 is 1.80 bits per heavy atom. The van der Waals surface area contributed by atoms with Crippen LogP contribution in [0.15, 0.2) is 24.5 Å². The Morgan fingerprint density at radius 1 is 1.15 bits per heavy atom. The zero-order valence-electron chi connectivity index (χ0n) is 13.0. The maximum absolute atomic E-state index is 4.60. The van der Waals surface area contributed by atoms with Crippen LogP contribution >= 0.6 is 0 Å². The van der Waals surface area contributed by atoms with Crippen LogP contribution in [0.1, 0.15) is 55.4 Å². The summed E-state index contributed by atoms with van der Waals surface area (Å²) in [6.07, 6.45) is 3.67. The van der Waals surface area contributed by atoms with Crippen molar-refractivity contribution in [2.24, 2.45) is 0 Å². The Labute approximate surface area is 121 Å². The van der Waals surface area contributed by atoms with Gasteiger partial charge in [0.05, 0.1) is 5.69 Å². The molecule has 0 saturated heterocycles. The van der Waals surface area contributed by atoms with Gasteiger partial charge in [-0.3, -0.25) is 9.67 Å². The molecule has 4 nitrogen and oxygen atoms in total. The fraction of sp³-hybridized carbons (Fsp3) is 0.500. The lowest BCUT2D eigenvalue weighted by molar-refractivity contribution is 0.490.